The predicted molar refractivity (Wildman–Crippen MR) is 87.0 cm³/mol. The molecular formula is C15H29N3O3S. The van der Waals surface area contributed by atoms with E-state index < -0.39 is 10.0 Å². The van der Waals surface area contributed by atoms with Gasteiger partial charge < -0.3 is 10.2 Å². The van der Waals surface area contributed by atoms with Crippen molar-refractivity contribution in [1.82, 2.24) is 14.5 Å². The molecule has 0 unspecified atom stereocenters. The molecule has 2 fully saturated rings. The Morgan fingerprint density at radius 3 is 2.50 bits per heavy atom. The Labute approximate surface area is 134 Å². The number of amides is 1. The molecule has 1 atom stereocenters. The van der Waals surface area contributed by atoms with Gasteiger partial charge in [0.1, 0.15) is 0 Å². The van der Waals surface area contributed by atoms with Gasteiger partial charge in [-0.2, -0.15) is 0 Å². The quantitative estimate of drug-likeness (QED) is 0.797. The number of nitrogens with one attached hydrogen (secondary N) is 1. The van der Waals surface area contributed by atoms with Crippen LogP contribution in [0.1, 0.15) is 32.1 Å². The van der Waals surface area contributed by atoms with Gasteiger partial charge in [0.25, 0.3) is 0 Å². The summed E-state index contributed by atoms with van der Waals surface area (Å²) in [5.41, 5.74) is 0. The van der Waals surface area contributed by atoms with Crippen molar-refractivity contribution in [1.29, 1.82) is 0 Å². The Hall–Kier alpha value is -0.660. The van der Waals surface area contributed by atoms with Gasteiger partial charge in [0.05, 0.1) is 12.2 Å². The second-order valence-electron chi connectivity index (χ2n) is 6.79. The summed E-state index contributed by atoms with van der Waals surface area (Å²) >= 11 is 0. The van der Waals surface area contributed by atoms with Crippen LogP contribution in [0.4, 0.5) is 0 Å². The number of piperidine rings is 2. The smallest absolute Gasteiger partial charge is 0.224 e. The zero-order chi connectivity index (χ0) is 16.2. The fourth-order valence-electron chi connectivity index (χ4n) is 3.35. The minimum Gasteiger partial charge on any atom is -0.356 e. The van der Waals surface area contributed by atoms with E-state index in [1.54, 1.807) is 0 Å². The minimum absolute atomic E-state index is 0.0151. The van der Waals surface area contributed by atoms with Gasteiger partial charge in [0.15, 0.2) is 0 Å². The van der Waals surface area contributed by atoms with Gasteiger partial charge >= 0.3 is 0 Å². The molecule has 0 radical (unpaired) electrons. The second-order valence-corrected chi connectivity index (χ2v) is 8.77. The summed E-state index contributed by atoms with van der Waals surface area (Å²) < 4.78 is 24.6. The van der Waals surface area contributed by atoms with Crippen molar-refractivity contribution in [2.24, 2.45) is 11.8 Å². The van der Waals surface area contributed by atoms with Gasteiger partial charge in [-0.15, -0.1) is 0 Å². The van der Waals surface area contributed by atoms with Crippen LogP contribution in [-0.2, 0) is 14.8 Å². The van der Waals surface area contributed by atoms with E-state index in [0.29, 0.717) is 25.6 Å². The van der Waals surface area contributed by atoms with Gasteiger partial charge in [0.2, 0.25) is 15.9 Å². The number of rotatable bonds is 5. The molecule has 128 valence electrons. The maximum Gasteiger partial charge on any atom is 0.224 e. The Kier molecular flexibility index (Phi) is 6.23. The third-order valence-electron chi connectivity index (χ3n) is 4.91. The molecule has 0 aliphatic carbocycles. The fourth-order valence-corrected chi connectivity index (χ4v) is 4.26. The summed E-state index contributed by atoms with van der Waals surface area (Å²) in [6.07, 6.45) is 6.21. The molecule has 2 aliphatic rings. The molecule has 2 rings (SSSR count). The summed E-state index contributed by atoms with van der Waals surface area (Å²) in [6, 6.07) is 0. The molecule has 6 nitrogen and oxygen atoms in total. The van der Waals surface area contributed by atoms with Crippen LogP contribution in [0.5, 0.6) is 0 Å². The van der Waals surface area contributed by atoms with Crippen molar-refractivity contribution in [3.05, 3.63) is 0 Å². The number of hydrogen-bond donors (Lipinski definition) is 1. The number of likely N-dealkylation sites (tertiary alicyclic amines) is 1. The maximum absolute atomic E-state index is 12.2. The highest BCUT2D eigenvalue weighted by molar-refractivity contribution is 7.88. The van der Waals surface area contributed by atoms with E-state index in [0.717, 1.165) is 32.4 Å². The molecule has 0 saturated carbocycles. The Balaban J connectivity index is 1.70. The van der Waals surface area contributed by atoms with Gasteiger partial charge in [-0.25, -0.2) is 12.7 Å². The molecule has 7 heteroatoms. The molecule has 0 aromatic rings. The van der Waals surface area contributed by atoms with Crippen molar-refractivity contribution in [3.8, 4) is 0 Å². The lowest BCUT2D eigenvalue weighted by Crippen LogP contribution is -2.45. The van der Waals surface area contributed by atoms with Crippen LogP contribution >= 0.6 is 0 Å². The molecule has 1 amide bonds. The summed E-state index contributed by atoms with van der Waals surface area (Å²) in [6.45, 7) is 3.87. The molecule has 0 spiro atoms. The molecule has 1 N–H and O–H groups in total. The predicted octanol–water partition coefficient (Wildman–Crippen LogP) is 0.506. The average molecular weight is 331 g/mol. The lowest BCUT2D eigenvalue weighted by Gasteiger charge is -2.31. The van der Waals surface area contributed by atoms with Crippen molar-refractivity contribution >= 4 is 15.9 Å². The van der Waals surface area contributed by atoms with Gasteiger partial charge in [-0.1, -0.05) is 0 Å². The van der Waals surface area contributed by atoms with Crippen LogP contribution in [0.3, 0.4) is 0 Å². The molecular weight excluding hydrogens is 302 g/mol. The molecule has 22 heavy (non-hydrogen) atoms. The van der Waals surface area contributed by atoms with E-state index in [1.807, 2.05) is 0 Å². The molecule has 0 aromatic carbocycles. The molecule has 0 bridgehead atoms. The summed E-state index contributed by atoms with van der Waals surface area (Å²) in [5, 5.41) is 3.01. The zero-order valence-electron chi connectivity index (χ0n) is 13.8. The summed E-state index contributed by atoms with van der Waals surface area (Å²) in [7, 11) is -1.04. The topological polar surface area (TPSA) is 69.7 Å². The van der Waals surface area contributed by atoms with Crippen molar-refractivity contribution in [2.45, 2.75) is 32.1 Å². The molecule has 2 aliphatic heterocycles. The SMILES string of the molecule is CN1CCC(CCNC(=O)[C@H]2CCCN(S(C)(=O)=O)C2)CC1. The Bertz CT molecular complexity index is 472. The van der Waals surface area contributed by atoms with Gasteiger partial charge in [-0.3, -0.25) is 4.79 Å². The largest absolute Gasteiger partial charge is 0.356 e. The fraction of sp³-hybridized carbons (Fsp3) is 0.933. The maximum atomic E-state index is 12.2. The highest BCUT2D eigenvalue weighted by atomic mass is 32.2. The Morgan fingerprint density at radius 1 is 1.18 bits per heavy atom. The number of sulfonamides is 1. The van der Waals surface area contributed by atoms with E-state index in [1.165, 1.54) is 23.4 Å². The normalized spacial score (nSPS) is 26.0. The first-order chi connectivity index (χ1) is 10.4. The average Bonchev–Trinajstić information content (AvgIpc) is 2.48. The van der Waals surface area contributed by atoms with Crippen LogP contribution in [0.2, 0.25) is 0 Å². The minimum atomic E-state index is -3.19. The number of nitrogens with zero attached hydrogens (tertiary/aromatic N) is 2. The van der Waals surface area contributed by atoms with E-state index in [-0.39, 0.29) is 11.8 Å². The van der Waals surface area contributed by atoms with E-state index in [4.69, 9.17) is 0 Å². The summed E-state index contributed by atoms with van der Waals surface area (Å²) in [4.78, 5) is 14.6. The van der Waals surface area contributed by atoms with E-state index in [9.17, 15) is 13.2 Å². The van der Waals surface area contributed by atoms with Crippen molar-refractivity contribution in [2.75, 3.05) is 46.0 Å². The first-order valence-electron chi connectivity index (χ1n) is 8.27. The monoisotopic (exact) mass is 331 g/mol. The first-order valence-corrected chi connectivity index (χ1v) is 10.1. The third-order valence-corrected chi connectivity index (χ3v) is 6.18. The van der Waals surface area contributed by atoms with Crippen LogP contribution in [0, 0.1) is 11.8 Å². The summed E-state index contributed by atoms with van der Waals surface area (Å²) in [5.74, 6) is 0.526. The standard InChI is InChI=1S/C15H29N3O3S/c1-17-10-6-13(7-11-17)5-8-16-15(19)14-4-3-9-18(12-14)22(2,20)21/h13-14H,3-12H2,1-2H3,(H,16,19)/t14-/m0/s1. The molecule has 2 heterocycles. The lowest BCUT2D eigenvalue weighted by atomic mass is 9.93. The van der Waals surface area contributed by atoms with Gasteiger partial charge in [0, 0.05) is 19.6 Å². The number of carbonyl (C=O) groups excluding carboxylic acids is 1. The third kappa shape index (κ3) is 5.21. The molecule has 0 aromatic heterocycles. The molecule has 2 saturated heterocycles. The van der Waals surface area contributed by atoms with Crippen molar-refractivity contribution in [3.63, 3.8) is 0 Å². The lowest BCUT2D eigenvalue weighted by molar-refractivity contribution is -0.126. The highest BCUT2D eigenvalue weighted by Crippen LogP contribution is 2.20. The highest BCUT2D eigenvalue weighted by Gasteiger charge is 2.30. The number of carbonyl (C=O) groups is 1. The van der Waals surface area contributed by atoms with Crippen LogP contribution in [0.15, 0.2) is 0 Å². The first kappa shape index (κ1) is 17.7. The Morgan fingerprint density at radius 2 is 1.86 bits per heavy atom. The number of hydrogen-bond acceptors (Lipinski definition) is 4. The van der Waals surface area contributed by atoms with E-state index in [2.05, 4.69) is 17.3 Å². The van der Waals surface area contributed by atoms with Gasteiger partial charge in [-0.05, 0) is 58.2 Å². The van der Waals surface area contributed by atoms with Crippen molar-refractivity contribution < 1.29 is 13.2 Å². The zero-order valence-corrected chi connectivity index (χ0v) is 14.6. The second kappa shape index (κ2) is 7.75. The van der Waals surface area contributed by atoms with E-state index >= 15 is 0 Å². The van der Waals surface area contributed by atoms with Crippen LogP contribution < -0.4 is 5.32 Å². The van der Waals surface area contributed by atoms with Crippen LogP contribution in [0.25, 0.3) is 0 Å². The van der Waals surface area contributed by atoms with Crippen LogP contribution in [-0.4, -0.2) is 69.6 Å².